The summed E-state index contributed by atoms with van der Waals surface area (Å²) in [6.07, 6.45) is 1.00. The molecule has 3 aromatic carbocycles. The fraction of sp³-hybridized carbons (Fsp3) is 0.143. The first kappa shape index (κ1) is 17.0. The Labute approximate surface area is 152 Å². The molecule has 0 atom stereocenters. The summed E-state index contributed by atoms with van der Waals surface area (Å²) in [7, 11) is 1.70. The molecule has 3 aromatic rings. The van der Waals surface area contributed by atoms with Crippen LogP contribution in [0.15, 0.2) is 94.7 Å². The summed E-state index contributed by atoms with van der Waals surface area (Å²) in [6, 6.07) is 29.6. The molecule has 24 heavy (non-hydrogen) atoms. The van der Waals surface area contributed by atoms with E-state index in [-0.39, 0.29) is 0 Å². The first-order chi connectivity index (χ1) is 11.8. The predicted octanol–water partition coefficient (Wildman–Crippen LogP) is 6.15. The summed E-state index contributed by atoms with van der Waals surface area (Å²) >= 11 is 3.84. The Kier molecular flexibility index (Phi) is 6.27. The van der Waals surface area contributed by atoms with Crippen LogP contribution in [0.5, 0.6) is 5.75 Å². The summed E-state index contributed by atoms with van der Waals surface area (Å²) in [5.74, 6) is 0.904. The van der Waals surface area contributed by atoms with Crippen molar-refractivity contribution in [2.45, 2.75) is 20.8 Å². The number of benzene rings is 3. The van der Waals surface area contributed by atoms with E-state index in [4.69, 9.17) is 4.74 Å². The molecular formula is C21H20OS2. The lowest BCUT2D eigenvalue weighted by Crippen LogP contribution is -2.02. The molecule has 0 aromatic heterocycles. The van der Waals surface area contributed by atoms with E-state index in [1.54, 1.807) is 7.11 Å². The number of methoxy groups -OCH3 is 1. The van der Waals surface area contributed by atoms with Gasteiger partial charge in [-0.2, -0.15) is 0 Å². The molecule has 1 nitrogen and oxygen atoms in total. The van der Waals surface area contributed by atoms with E-state index in [0.29, 0.717) is 4.58 Å². The van der Waals surface area contributed by atoms with Crippen molar-refractivity contribution in [3.05, 3.63) is 90.5 Å². The van der Waals surface area contributed by atoms with Crippen LogP contribution in [-0.2, 0) is 6.42 Å². The average Bonchev–Trinajstić information content (AvgIpc) is 2.64. The number of ether oxygens (including phenoxy) is 1. The van der Waals surface area contributed by atoms with E-state index in [2.05, 4.69) is 72.8 Å². The fourth-order valence-corrected chi connectivity index (χ4v) is 5.01. The largest absolute Gasteiger partial charge is 0.497 e. The minimum atomic E-state index is 0.420. The Balaban J connectivity index is 1.75. The second-order valence-corrected chi connectivity index (χ2v) is 8.19. The van der Waals surface area contributed by atoms with E-state index in [1.165, 1.54) is 15.4 Å². The third-order valence-corrected chi connectivity index (χ3v) is 6.11. The maximum Gasteiger partial charge on any atom is 0.118 e. The average molecular weight is 353 g/mol. The highest BCUT2D eigenvalue weighted by atomic mass is 32.2. The molecule has 0 radical (unpaired) electrons. The van der Waals surface area contributed by atoms with Gasteiger partial charge in [0.15, 0.2) is 0 Å². The van der Waals surface area contributed by atoms with Gasteiger partial charge in [-0.05, 0) is 48.4 Å². The number of hydrogen-bond acceptors (Lipinski definition) is 3. The summed E-state index contributed by atoms with van der Waals surface area (Å²) in [6.45, 7) is 0. The zero-order chi connectivity index (χ0) is 16.6. The van der Waals surface area contributed by atoms with Crippen LogP contribution in [0.3, 0.4) is 0 Å². The van der Waals surface area contributed by atoms with Gasteiger partial charge in [0.05, 0.1) is 11.7 Å². The lowest BCUT2D eigenvalue weighted by atomic mass is 10.2. The Bertz CT molecular complexity index is 685. The van der Waals surface area contributed by atoms with Crippen LogP contribution in [0.2, 0.25) is 0 Å². The standard InChI is InChI=1S/C21H20OS2/c1-22-18-14-12-17(13-15-18)16-21(23-19-8-4-2-5-9-19)24-20-10-6-3-7-11-20/h2-15,21H,16H2,1H3. The van der Waals surface area contributed by atoms with E-state index in [1.807, 2.05) is 35.7 Å². The van der Waals surface area contributed by atoms with Gasteiger partial charge in [0.2, 0.25) is 0 Å². The lowest BCUT2D eigenvalue weighted by Gasteiger charge is -2.17. The molecule has 0 saturated heterocycles. The fourth-order valence-electron chi connectivity index (χ4n) is 2.36. The third-order valence-electron chi connectivity index (χ3n) is 3.58. The molecule has 0 aliphatic rings. The lowest BCUT2D eigenvalue weighted by molar-refractivity contribution is 0.414. The van der Waals surface area contributed by atoms with Gasteiger partial charge in [-0.25, -0.2) is 0 Å². The molecule has 122 valence electrons. The van der Waals surface area contributed by atoms with Gasteiger partial charge >= 0.3 is 0 Å². The Morgan fingerprint density at radius 1 is 0.708 bits per heavy atom. The number of thioether (sulfide) groups is 2. The zero-order valence-electron chi connectivity index (χ0n) is 13.6. The van der Waals surface area contributed by atoms with E-state index < -0.39 is 0 Å². The molecule has 0 heterocycles. The zero-order valence-corrected chi connectivity index (χ0v) is 15.2. The van der Waals surface area contributed by atoms with Crippen LogP contribution < -0.4 is 4.74 Å². The second-order valence-electron chi connectivity index (χ2n) is 5.34. The van der Waals surface area contributed by atoms with Gasteiger partial charge < -0.3 is 4.74 Å². The van der Waals surface area contributed by atoms with Crippen molar-refractivity contribution in [3.8, 4) is 5.75 Å². The van der Waals surface area contributed by atoms with Crippen molar-refractivity contribution in [3.63, 3.8) is 0 Å². The summed E-state index contributed by atoms with van der Waals surface area (Å²) in [5, 5.41) is 0. The first-order valence-electron chi connectivity index (χ1n) is 7.90. The first-order valence-corrected chi connectivity index (χ1v) is 9.66. The molecule has 0 unspecified atom stereocenters. The Morgan fingerprint density at radius 2 is 1.21 bits per heavy atom. The van der Waals surface area contributed by atoms with Crippen molar-refractivity contribution in [1.29, 1.82) is 0 Å². The van der Waals surface area contributed by atoms with Gasteiger partial charge in [0.25, 0.3) is 0 Å². The van der Waals surface area contributed by atoms with E-state index >= 15 is 0 Å². The van der Waals surface area contributed by atoms with Gasteiger partial charge in [-0.3, -0.25) is 0 Å². The van der Waals surface area contributed by atoms with Crippen LogP contribution >= 0.6 is 23.5 Å². The molecule has 0 bridgehead atoms. The van der Waals surface area contributed by atoms with Gasteiger partial charge in [-0.15, -0.1) is 23.5 Å². The summed E-state index contributed by atoms with van der Waals surface area (Å²) in [5.41, 5.74) is 1.33. The molecule has 0 spiro atoms. The molecule has 0 amide bonds. The van der Waals surface area contributed by atoms with Gasteiger partial charge in [-0.1, -0.05) is 48.5 Å². The van der Waals surface area contributed by atoms with Crippen LogP contribution in [0.1, 0.15) is 5.56 Å². The van der Waals surface area contributed by atoms with Crippen molar-refractivity contribution in [2.75, 3.05) is 7.11 Å². The minimum Gasteiger partial charge on any atom is -0.497 e. The molecule has 3 heteroatoms. The molecule has 0 aliphatic carbocycles. The maximum atomic E-state index is 5.26. The van der Waals surface area contributed by atoms with E-state index in [9.17, 15) is 0 Å². The smallest absolute Gasteiger partial charge is 0.118 e. The highest BCUT2D eigenvalue weighted by molar-refractivity contribution is 8.17. The van der Waals surface area contributed by atoms with Crippen LogP contribution in [-0.4, -0.2) is 11.7 Å². The van der Waals surface area contributed by atoms with Gasteiger partial charge in [0.1, 0.15) is 5.75 Å². The summed E-state index contributed by atoms with van der Waals surface area (Å²) in [4.78, 5) is 2.61. The highest BCUT2D eigenvalue weighted by Gasteiger charge is 2.13. The van der Waals surface area contributed by atoms with Crippen LogP contribution in [0.25, 0.3) is 0 Å². The SMILES string of the molecule is COc1ccc(CC(Sc2ccccc2)Sc2ccccc2)cc1. The number of hydrogen-bond donors (Lipinski definition) is 0. The molecule has 3 rings (SSSR count). The van der Waals surface area contributed by atoms with E-state index in [0.717, 1.165) is 12.2 Å². The van der Waals surface area contributed by atoms with Crippen molar-refractivity contribution in [1.82, 2.24) is 0 Å². The monoisotopic (exact) mass is 352 g/mol. The Hall–Kier alpha value is -1.84. The Morgan fingerprint density at radius 3 is 1.67 bits per heavy atom. The molecule has 0 N–H and O–H groups in total. The van der Waals surface area contributed by atoms with Crippen molar-refractivity contribution in [2.24, 2.45) is 0 Å². The third kappa shape index (κ3) is 5.08. The maximum absolute atomic E-state index is 5.26. The normalized spacial score (nSPS) is 10.8. The van der Waals surface area contributed by atoms with Crippen molar-refractivity contribution >= 4 is 23.5 Å². The minimum absolute atomic E-state index is 0.420. The number of rotatable bonds is 7. The van der Waals surface area contributed by atoms with Gasteiger partial charge in [0, 0.05) is 9.79 Å². The highest BCUT2D eigenvalue weighted by Crippen LogP contribution is 2.37. The predicted molar refractivity (Wildman–Crippen MR) is 105 cm³/mol. The second kappa shape index (κ2) is 8.86. The van der Waals surface area contributed by atoms with Crippen LogP contribution in [0, 0.1) is 0 Å². The quantitative estimate of drug-likeness (QED) is 0.373. The molecule has 0 fully saturated rings. The molecular weight excluding hydrogens is 332 g/mol. The van der Waals surface area contributed by atoms with Crippen molar-refractivity contribution < 1.29 is 4.74 Å². The molecule has 0 aliphatic heterocycles. The summed E-state index contributed by atoms with van der Waals surface area (Å²) < 4.78 is 5.67. The molecule has 0 saturated carbocycles. The topological polar surface area (TPSA) is 9.23 Å². The van der Waals surface area contributed by atoms with Crippen LogP contribution in [0.4, 0.5) is 0 Å².